The van der Waals surface area contributed by atoms with Crippen LogP contribution in [0.25, 0.3) is 0 Å². The van der Waals surface area contributed by atoms with Crippen LogP contribution in [0.1, 0.15) is 35.6 Å². The highest BCUT2D eigenvalue weighted by atomic mass is 32.1. The molecule has 1 aromatic rings. The molecular formula is C14H21N3O3S. The average Bonchev–Trinajstić information content (AvgIpc) is 2.90. The number of hydroxylamine groups is 2. The number of carbonyl (C=O) groups excluding carboxylic acids is 1. The highest BCUT2D eigenvalue weighted by Crippen LogP contribution is 2.42. The molecule has 0 N–H and O–H groups in total. The smallest absolute Gasteiger partial charge is 0.290 e. The average molecular weight is 311 g/mol. The second-order valence-corrected chi connectivity index (χ2v) is 7.86. The molecule has 1 saturated heterocycles. The number of carbonyl (C=O) groups is 1. The van der Waals surface area contributed by atoms with Crippen LogP contribution in [0.4, 0.5) is 5.13 Å². The van der Waals surface area contributed by atoms with E-state index in [1.165, 1.54) is 11.3 Å². The molecule has 2 atom stereocenters. The largest absolute Gasteiger partial charge is 0.623 e. The number of ether oxygens (including phenoxy) is 1. The topological polar surface area (TPSA) is 65.5 Å². The number of hydrogen-bond acceptors (Lipinski definition) is 6. The zero-order chi connectivity index (χ0) is 15.4. The maximum atomic E-state index is 13.2. The number of nitrogens with zero attached hydrogens (tertiary/aromatic N) is 3. The van der Waals surface area contributed by atoms with E-state index in [1.807, 2.05) is 11.9 Å². The molecule has 116 valence electrons. The van der Waals surface area contributed by atoms with E-state index in [0.717, 1.165) is 12.1 Å². The predicted octanol–water partition coefficient (Wildman–Crippen LogP) is 1.98. The summed E-state index contributed by atoms with van der Waals surface area (Å²) in [4.78, 5) is 19.4. The van der Waals surface area contributed by atoms with Crippen LogP contribution < -0.4 is 4.65 Å². The standard InChI is InChI=1S/C14H21N3O3S/c1-14(2)5-9-12(10(18)6-14)21-13(15-9)17(19)8-16(3)7-11(17)20-4/h11H,5-8H2,1-4H3. The highest BCUT2D eigenvalue weighted by Gasteiger charge is 2.44. The molecule has 0 radical (unpaired) electrons. The van der Waals surface area contributed by atoms with Gasteiger partial charge in [0.25, 0.3) is 5.13 Å². The first-order chi connectivity index (χ1) is 9.75. The summed E-state index contributed by atoms with van der Waals surface area (Å²) in [5, 5.41) is 13.6. The summed E-state index contributed by atoms with van der Waals surface area (Å²) in [5.74, 6) is 0.109. The summed E-state index contributed by atoms with van der Waals surface area (Å²) >= 11 is 1.25. The first kappa shape index (κ1) is 15.1. The first-order valence-electron chi connectivity index (χ1n) is 7.09. The molecule has 6 nitrogen and oxygen atoms in total. The Hall–Kier alpha value is -0.860. The summed E-state index contributed by atoms with van der Waals surface area (Å²) < 4.78 is 4.74. The van der Waals surface area contributed by atoms with Crippen LogP contribution in [0, 0.1) is 10.6 Å². The van der Waals surface area contributed by atoms with Crippen LogP contribution >= 0.6 is 11.3 Å². The van der Waals surface area contributed by atoms with E-state index < -0.39 is 10.9 Å². The number of likely N-dealkylation sites (N-methyl/N-ethyl adjacent to an activating group) is 1. The first-order valence-corrected chi connectivity index (χ1v) is 7.90. The van der Waals surface area contributed by atoms with Crippen molar-refractivity contribution < 1.29 is 9.53 Å². The van der Waals surface area contributed by atoms with Gasteiger partial charge in [-0.2, -0.15) is 4.98 Å². The number of ketones is 1. The Balaban J connectivity index is 2.00. The quantitative estimate of drug-likeness (QED) is 0.617. The third kappa shape index (κ3) is 2.43. The van der Waals surface area contributed by atoms with Gasteiger partial charge in [-0.05, 0) is 18.9 Å². The van der Waals surface area contributed by atoms with Gasteiger partial charge in [0.15, 0.2) is 5.78 Å². The summed E-state index contributed by atoms with van der Waals surface area (Å²) in [6.45, 7) is 5.01. The number of quaternary nitrogens is 1. The van der Waals surface area contributed by atoms with E-state index in [9.17, 15) is 10.0 Å². The molecule has 0 spiro atoms. The normalized spacial score (nSPS) is 32.4. The Morgan fingerprint density at radius 3 is 2.86 bits per heavy atom. The van der Waals surface area contributed by atoms with Gasteiger partial charge in [0.05, 0.1) is 17.1 Å². The van der Waals surface area contributed by atoms with Crippen molar-refractivity contribution in [2.45, 2.75) is 32.9 Å². The number of hydrogen-bond donors (Lipinski definition) is 0. The highest BCUT2D eigenvalue weighted by molar-refractivity contribution is 7.17. The minimum atomic E-state index is -0.613. The van der Waals surface area contributed by atoms with Crippen LogP contribution in [-0.4, -0.2) is 49.3 Å². The Kier molecular flexibility index (Phi) is 3.46. The lowest BCUT2D eigenvalue weighted by Gasteiger charge is -2.38. The van der Waals surface area contributed by atoms with Crippen LogP contribution in [0.3, 0.4) is 0 Å². The van der Waals surface area contributed by atoms with E-state index >= 15 is 0 Å². The molecule has 2 unspecified atom stereocenters. The molecular weight excluding hydrogens is 290 g/mol. The van der Waals surface area contributed by atoms with Crippen molar-refractivity contribution in [1.29, 1.82) is 0 Å². The van der Waals surface area contributed by atoms with Gasteiger partial charge in [-0.15, -0.1) is 0 Å². The molecule has 2 heterocycles. The molecule has 0 aromatic carbocycles. The Bertz CT molecular complexity index is 586. The van der Waals surface area contributed by atoms with Crippen molar-refractivity contribution in [1.82, 2.24) is 14.5 Å². The number of aromatic nitrogens is 1. The van der Waals surface area contributed by atoms with Gasteiger partial charge >= 0.3 is 0 Å². The van der Waals surface area contributed by atoms with Crippen molar-refractivity contribution in [3.05, 3.63) is 15.8 Å². The Labute approximate surface area is 128 Å². The molecule has 1 aliphatic carbocycles. The molecule has 0 saturated carbocycles. The number of thiazole rings is 1. The van der Waals surface area contributed by atoms with E-state index in [0.29, 0.717) is 29.6 Å². The molecule has 7 heteroatoms. The zero-order valence-corrected chi connectivity index (χ0v) is 13.7. The molecule has 1 fully saturated rings. The van der Waals surface area contributed by atoms with Crippen molar-refractivity contribution in [2.75, 3.05) is 27.4 Å². The lowest BCUT2D eigenvalue weighted by atomic mass is 9.78. The van der Waals surface area contributed by atoms with Crippen molar-refractivity contribution in [3.8, 4) is 0 Å². The monoisotopic (exact) mass is 311 g/mol. The third-order valence-corrected chi connectivity index (χ3v) is 5.46. The van der Waals surface area contributed by atoms with E-state index in [2.05, 4.69) is 18.8 Å². The number of fused-ring (bicyclic) bond motifs is 1. The maximum Gasteiger partial charge on any atom is 0.290 e. The third-order valence-electron chi connectivity index (χ3n) is 4.20. The molecule has 0 amide bonds. The van der Waals surface area contributed by atoms with Gasteiger partial charge in [-0.3, -0.25) is 14.3 Å². The summed E-state index contributed by atoms with van der Waals surface area (Å²) in [5.41, 5.74) is 0.708. The van der Waals surface area contributed by atoms with Crippen molar-refractivity contribution in [3.63, 3.8) is 0 Å². The van der Waals surface area contributed by atoms with E-state index in [1.54, 1.807) is 7.11 Å². The minimum Gasteiger partial charge on any atom is -0.623 e. The second kappa shape index (κ2) is 4.82. The molecule has 1 aliphatic heterocycles. The van der Waals surface area contributed by atoms with Crippen LogP contribution in [0.5, 0.6) is 0 Å². The fourth-order valence-electron chi connectivity index (χ4n) is 3.20. The number of Topliss-reactive ketones (excluding diaryl/α,β-unsaturated/α-hetero) is 1. The van der Waals surface area contributed by atoms with Gasteiger partial charge in [-0.25, -0.2) is 0 Å². The van der Waals surface area contributed by atoms with Gasteiger partial charge in [0.2, 0.25) is 6.23 Å². The zero-order valence-electron chi connectivity index (χ0n) is 12.9. The fraction of sp³-hybridized carbons (Fsp3) is 0.714. The van der Waals surface area contributed by atoms with Gasteiger partial charge in [0.1, 0.15) is 6.67 Å². The van der Waals surface area contributed by atoms with Crippen LogP contribution in [-0.2, 0) is 11.2 Å². The van der Waals surface area contributed by atoms with E-state index in [-0.39, 0.29) is 11.2 Å². The van der Waals surface area contributed by atoms with Gasteiger partial charge in [-0.1, -0.05) is 25.2 Å². The number of methoxy groups -OCH3 is 1. The fourth-order valence-corrected chi connectivity index (χ4v) is 4.29. The minimum absolute atomic E-state index is 0.0778. The molecule has 21 heavy (non-hydrogen) atoms. The van der Waals surface area contributed by atoms with Crippen molar-refractivity contribution in [2.24, 2.45) is 5.41 Å². The van der Waals surface area contributed by atoms with E-state index in [4.69, 9.17) is 4.74 Å². The lowest BCUT2D eigenvalue weighted by Crippen LogP contribution is -2.49. The SMILES string of the molecule is COC1CN(C)C[N+]1([O-])c1nc2c(s1)C(=O)CC(C)(C)C2. The van der Waals surface area contributed by atoms with Crippen LogP contribution in [0.15, 0.2) is 0 Å². The molecule has 2 aliphatic rings. The summed E-state index contributed by atoms with van der Waals surface area (Å²) in [6.07, 6.45) is 0.789. The van der Waals surface area contributed by atoms with Crippen molar-refractivity contribution >= 4 is 22.3 Å². The molecule has 1 aromatic heterocycles. The Morgan fingerprint density at radius 1 is 1.48 bits per heavy atom. The maximum absolute atomic E-state index is 13.2. The van der Waals surface area contributed by atoms with Crippen LogP contribution in [0.2, 0.25) is 0 Å². The van der Waals surface area contributed by atoms with Gasteiger partial charge < -0.3 is 9.94 Å². The summed E-state index contributed by atoms with van der Waals surface area (Å²) in [7, 11) is 3.45. The molecule has 3 rings (SSSR count). The van der Waals surface area contributed by atoms with Gasteiger partial charge in [0, 0.05) is 13.5 Å². The molecule has 0 bridgehead atoms. The number of rotatable bonds is 2. The second-order valence-electron chi connectivity index (χ2n) is 6.88. The lowest BCUT2D eigenvalue weighted by molar-refractivity contribution is 0.0337. The predicted molar refractivity (Wildman–Crippen MR) is 82.0 cm³/mol. The Morgan fingerprint density at radius 2 is 2.19 bits per heavy atom. The summed E-state index contributed by atoms with van der Waals surface area (Å²) in [6, 6.07) is 0.